The number of piperazine rings is 1. The Labute approximate surface area is 137 Å². The van der Waals surface area contributed by atoms with Gasteiger partial charge < -0.3 is 10.1 Å². The average molecular weight is 312 g/mol. The molecule has 1 aliphatic rings. The lowest BCUT2D eigenvalue weighted by molar-refractivity contribution is 0.0822. The van der Waals surface area contributed by atoms with Crippen molar-refractivity contribution >= 4 is 16.6 Å². The Morgan fingerprint density at radius 3 is 2.57 bits per heavy atom. The van der Waals surface area contributed by atoms with Crippen LogP contribution in [-0.2, 0) is 0 Å². The average Bonchev–Trinajstić information content (AvgIpc) is 2.62. The molecule has 1 fully saturated rings. The molecule has 0 amide bonds. The molecular weight excluding hydrogens is 288 g/mol. The molecule has 23 heavy (non-hydrogen) atoms. The van der Waals surface area contributed by atoms with Crippen molar-refractivity contribution in [3.63, 3.8) is 0 Å². The van der Waals surface area contributed by atoms with E-state index in [0.717, 1.165) is 48.3 Å². The smallest absolute Gasteiger partial charge is 0.180 e. The van der Waals surface area contributed by atoms with Crippen molar-refractivity contribution in [2.24, 2.45) is 0 Å². The van der Waals surface area contributed by atoms with Gasteiger partial charge in [0.2, 0.25) is 0 Å². The number of hydrogen-bond donors (Lipinski definition) is 1. The molecule has 3 rings (SSSR count). The van der Waals surface area contributed by atoms with E-state index in [-0.39, 0.29) is 11.8 Å². The number of carbonyl (C=O) groups is 1. The second-order valence-electron chi connectivity index (χ2n) is 5.92. The Bertz CT molecular complexity index is 693. The van der Waals surface area contributed by atoms with Crippen LogP contribution in [0.4, 0.5) is 0 Å². The second-order valence-corrected chi connectivity index (χ2v) is 5.92. The van der Waals surface area contributed by atoms with Gasteiger partial charge in [-0.15, -0.1) is 0 Å². The van der Waals surface area contributed by atoms with Gasteiger partial charge in [-0.3, -0.25) is 9.69 Å². The van der Waals surface area contributed by atoms with Gasteiger partial charge in [0.15, 0.2) is 5.78 Å². The molecule has 1 atom stereocenters. The zero-order valence-electron chi connectivity index (χ0n) is 13.8. The van der Waals surface area contributed by atoms with Crippen LogP contribution in [-0.4, -0.2) is 49.5 Å². The van der Waals surface area contributed by atoms with Gasteiger partial charge in [0.25, 0.3) is 0 Å². The molecule has 4 nitrogen and oxygen atoms in total. The summed E-state index contributed by atoms with van der Waals surface area (Å²) in [5.74, 6) is 1.03. The van der Waals surface area contributed by atoms with Crippen LogP contribution in [0.3, 0.4) is 0 Å². The number of fused-ring (bicyclic) bond motifs is 1. The number of Topliss-reactive ketones (excluding diaryl/α,β-unsaturated/α-hetero) is 1. The van der Waals surface area contributed by atoms with Crippen molar-refractivity contribution in [3.05, 3.63) is 42.0 Å². The molecule has 1 N–H and O–H groups in total. The van der Waals surface area contributed by atoms with Crippen LogP contribution in [0.5, 0.6) is 5.75 Å². The first-order valence-corrected chi connectivity index (χ1v) is 8.36. The van der Waals surface area contributed by atoms with Gasteiger partial charge in [-0.1, -0.05) is 24.3 Å². The van der Waals surface area contributed by atoms with Crippen molar-refractivity contribution in [1.29, 1.82) is 0 Å². The molecule has 1 saturated heterocycles. The minimum Gasteiger partial charge on any atom is -0.493 e. The first-order valence-electron chi connectivity index (χ1n) is 8.36. The molecule has 2 aromatic carbocycles. The fraction of sp³-hybridized carbons (Fsp3) is 0.421. The topological polar surface area (TPSA) is 41.6 Å². The van der Waals surface area contributed by atoms with Gasteiger partial charge in [0.1, 0.15) is 5.75 Å². The summed E-state index contributed by atoms with van der Waals surface area (Å²) in [6.45, 7) is 8.33. The maximum absolute atomic E-state index is 13.0. The number of rotatable bonds is 5. The lowest BCUT2D eigenvalue weighted by Gasteiger charge is -2.32. The van der Waals surface area contributed by atoms with E-state index in [0.29, 0.717) is 6.61 Å². The molecule has 1 aliphatic heterocycles. The van der Waals surface area contributed by atoms with Crippen molar-refractivity contribution in [3.8, 4) is 5.75 Å². The van der Waals surface area contributed by atoms with Gasteiger partial charge in [-0.2, -0.15) is 0 Å². The summed E-state index contributed by atoms with van der Waals surface area (Å²) in [5, 5.41) is 5.31. The van der Waals surface area contributed by atoms with Crippen LogP contribution in [0, 0.1) is 0 Å². The number of carbonyl (C=O) groups excluding carboxylic acids is 1. The van der Waals surface area contributed by atoms with E-state index < -0.39 is 0 Å². The highest BCUT2D eigenvalue weighted by atomic mass is 16.5. The monoisotopic (exact) mass is 312 g/mol. The Morgan fingerprint density at radius 1 is 1.17 bits per heavy atom. The molecule has 4 heteroatoms. The first kappa shape index (κ1) is 16.0. The molecule has 1 heterocycles. The SMILES string of the molecule is CCOc1ccc(C(=O)C(C)N2CCNCC2)c2ccccc12. The summed E-state index contributed by atoms with van der Waals surface area (Å²) < 4.78 is 5.70. The number of benzene rings is 2. The van der Waals surface area contributed by atoms with Gasteiger partial charge in [-0.05, 0) is 31.4 Å². The van der Waals surface area contributed by atoms with Crippen molar-refractivity contribution in [2.75, 3.05) is 32.8 Å². The van der Waals surface area contributed by atoms with Crippen molar-refractivity contribution in [2.45, 2.75) is 19.9 Å². The van der Waals surface area contributed by atoms with Crippen LogP contribution < -0.4 is 10.1 Å². The highest BCUT2D eigenvalue weighted by molar-refractivity contribution is 6.11. The van der Waals surface area contributed by atoms with Crippen LogP contribution in [0.15, 0.2) is 36.4 Å². The standard InChI is InChI=1S/C19H24N2O2/c1-3-23-18-9-8-17(15-6-4-5-7-16(15)18)19(22)14(2)21-12-10-20-11-13-21/h4-9,14,20H,3,10-13H2,1-2H3. The number of nitrogens with zero attached hydrogens (tertiary/aromatic N) is 1. The first-order chi connectivity index (χ1) is 11.2. The predicted molar refractivity (Wildman–Crippen MR) is 93.4 cm³/mol. The highest BCUT2D eigenvalue weighted by Gasteiger charge is 2.25. The van der Waals surface area contributed by atoms with Gasteiger partial charge in [0, 0.05) is 37.1 Å². The maximum atomic E-state index is 13.0. The molecular formula is C19H24N2O2. The zero-order valence-corrected chi connectivity index (χ0v) is 13.8. The summed E-state index contributed by atoms with van der Waals surface area (Å²) in [6, 6.07) is 11.7. The maximum Gasteiger partial charge on any atom is 0.180 e. The normalized spacial score (nSPS) is 17.1. The third-order valence-electron chi connectivity index (χ3n) is 4.53. The van der Waals surface area contributed by atoms with Crippen LogP contribution in [0.2, 0.25) is 0 Å². The minimum absolute atomic E-state index is 0.0987. The molecule has 2 aromatic rings. The third kappa shape index (κ3) is 3.23. The minimum atomic E-state index is -0.0987. The van der Waals surface area contributed by atoms with Crippen LogP contribution >= 0.6 is 0 Å². The number of ether oxygens (including phenoxy) is 1. The second kappa shape index (κ2) is 7.11. The summed E-state index contributed by atoms with van der Waals surface area (Å²) >= 11 is 0. The Morgan fingerprint density at radius 2 is 1.87 bits per heavy atom. The lowest BCUT2D eigenvalue weighted by atomic mass is 9.96. The summed E-state index contributed by atoms with van der Waals surface area (Å²) in [5.41, 5.74) is 0.787. The van der Waals surface area contributed by atoms with E-state index in [4.69, 9.17) is 4.74 Å². The van der Waals surface area contributed by atoms with E-state index >= 15 is 0 Å². The number of hydrogen-bond acceptors (Lipinski definition) is 4. The van der Waals surface area contributed by atoms with E-state index in [1.54, 1.807) is 0 Å². The predicted octanol–water partition coefficient (Wildman–Crippen LogP) is 2.71. The Kier molecular flexibility index (Phi) is 4.94. The number of ketones is 1. The molecule has 0 spiro atoms. The van der Waals surface area contributed by atoms with Crippen LogP contribution in [0.25, 0.3) is 10.8 Å². The molecule has 122 valence electrons. The lowest BCUT2D eigenvalue weighted by Crippen LogP contribution is -2.50. The quantitative estimate of drug-likeness (QED) is 0.862. The van der Waals surface area contributed by atoms with E-state index in [1.807, 2.05) is 50.2 Å². The Hall–Kier alpha value is -1.91. The van der Waals surface area contributed by atoms with E-state index in [1.165, 1.54) is 0 Å². The van der Waals surface area contributed by atoms with Crippen LogP contribution in [0.1, 0.15) is 24.2 Å². The largest absolute Gasteiger partial charge is 0.493 e. The van der Waals surface area contributed by atoms with Crippen molar-refractivity contribution in [1.82, 2.24) is 10.2 Å². The van der Waals surface area contributed by atoms with E-state index in [2.05, 4.69) is 10.2 Å². The summed E-state index contributed by atoms with van der Waals surface area (Å²) in [6.07, 6.45) is 0. The Balaban J connectivity index is 1.95. The molecule has 0 aromatic heterocycles. The third-order valence-corrected chi connectivity index (χ3v) is 4.53. The molecule has 0 radical (unpaired) electrons. The van der Waals surface area contributed by atoms with Gasteiger partial charge in [0.05, 0.1) is 12.6 Å². The fourth-order valence-electron chi connectivity index (χ4n) is 3.23. The van der Waals surface area contributed by atoms with E-state index in [9.17, 15) is 4.79 Å². The molecule has 0 aliphatic carbocycles. The molecule has 0 saturated carbocycles. The summed E-state index contributed by atoms with van der Waals surface area (Å²) in [4.78, 5) is 15.3. The number of nitrogens with one attached hydrogen (secondary N) is 1. The van der Waals surface area contributed by atoms with Crippen molar-refractivity contribution < 1.29 is 9.53 Å². The highest BCUT2D eigenvalue weighted by Crippen LogP contribution is 2.29. The zero-order chi connectivity index (χ0) is 16.2. The fourth-order valence-corrected chi connectivity index (χ4v) is 3.23. The molecule has 1 unspecified atom stereocenters. The summed E-state index contributed by atoms with van der Waals surface area (Å²) in [7, 11) is 0. The van der Waals surface area contributed by atoms with Gasteiger partial charge in [-0.25, -0.2) is 0 Å². The van der Waals surface area contributed by atoms with Gasteiger partial charge >= 0.3 is 0 Å². The molecule has 0 bridgehead atoms.